The molecule has 0 spiro atoms. The summed E-state index contributed by atoms with van der Waals surface area (Å²) in [5.74, 6) is 0.722. The Balaban J connectivity index is 1.73. The van der Waals surface area contributed by atoms with Gasteiger partial charge in [0, 0.05) is 24.3 Å². The molecule has 0 saturated carbocycles. The van der Waals surface area contributed by atoms with Crippen molar-refractivity contribution in [3.8, 4) is 17.1 Å². The van der Waals surface area contributed by atoms with Gasteiger partial charge in [-0.2, -0.15) is 4.98 Å². The third kappa shape index (κ3) is 4.20. The lowest BCUT2D eigenvalue weighted by atomic mass is 10.1. The highest BCUT2D eigenvalue weighted by atomic mass is 16.5. The third-order valence-electron chi connectivity index (χ3n) is 5.50. The minimum atomic E-state index is -0.587. The van der Waals surface area contributed by atoms with Crippen LogP contribution in [0.1, 0.15) is 37.8 Å². The van der Waals surface area contributed by atoms with E-state index in [1.807, 2.05) is 6.92 Å². The number of nitrogens with zero attached hydrogens (tertiary/aromatic N) is 4. The molecule has 2 aromatic heterocycles. The van der Waals surface area contributed by atoms with Crippen LogP contribution < -0.4 is 21.3 Å². The van der Waals surface area contributed by atoms with Gasteiger partial charge in [0.25, 0.3) is 5.56 Å². The summed E-state index contributed by atoms with van der Waals surface area (Å²) in [7, 11) is 1.55. The maximum Gasteiger partial charge on any atom is 0.331 e. The predicted molar refractivity (Wildman–Crippen MR) is 117 cm³/mol. The van der Waals surface area contributed by atoms with Crippen molar-refractivity contribution < 1.29 is 14.1 Å². The quantitative estimate of drug-likeness (QED) is 0.623. The van der Waals surface area contributed by atoms with Crippen LogP contribution in [0.5, 0.6) is 5.75 Å². The van der Waals surface area contributed by atoms with Crippen LogP contribution in [0.15, 0.2) is 38.4 Å². The average molecular weight is 439 g/mol. The lowest BCUT2D eigenvalue weighted by Gasteiger charge is -2.16. The molecule has 3 heterocycles. The Bertz CT molecular complexity index is 1240. The number of methoxy groups -OCH3 is 1. The van der Waals surface area contributed by atoms with E-state index in [0.29, 0.717) is 42.4 Å². The first kappa shape index (κ1) is 21.5. The maximum absolute atomic E-state index is 13.4. The molecule has 1 N–H and O–H groups in total. The van der Waals surface area contributed by atoms with Gasteiger partial charge in [-0.05, 0) is 43.5 Å². The molecule has 1 aliphatic heterocycles. The molecule has 1 aliphatic rings. The van der Waals surface area contributed by atoms with Crippen molar-refractivity contribution in [3.63, 3.8) is 0 Å². The zero-order valence-corrected chi connectivity index (χ0v) is 18.1. The van der Waals surface area contributed by atoms with E-state index in [2.05, 4.69) is 15.5 Å². The molecule has 0 atom stereocenters. The van der Waals surface area contributed by atoms with E-state index in [9.17, 15) is 14.4 Å². The van der Waals surface area contributed by atoms with E-state index < -0.39 is 23.7 Å². The fraction of sp³-hybridized carbons (Fsp3) is 0.409. The van der Waals surface area contributed by atoms with Crippen molar-refractivity contribution >= 4 is 11.6 Å². The molecule has 0 radical (unpaired) electrons. The third-order valence-corrected chi connectivity index (χ3v) is 5.50. The molecular formula is C22H25N5O5. The van der Waals surface area contributed by atoms with E-state index >= 15 is 0 Å². The average Bonchev–Trinajstić information content (AvgIpc) is 3.14. The van der Waals surface area contributed by atoms with Gasteiger partial charge in [0.05, 0.1) is 7.11 Å². The second-order valence-corrected chi connectivity index (χ2v) is 7.60. The van der Waals surface area contributed by atoms with E-state index in [-0.39, 0.29) is 11.4 Å². The number of aromatic nitrogens is 4. The number of hydrogen-bond acceptors (Lipinski definition) is 7. The Morgan fingerprint density at radius 1 is 1.19 bits per heavy atom. The number of fused-ring (bicyclic) bond motifs is 1. The van der Waals surface area contributed by atoms with Crippen molar-refractivity contribution in [2.45, 2.75) is 52.1 Å². The fourth-order valence-electron chi connectivity index (χ4n) is 3.85. The van der Waals surface area contributed by atoms with E-state index in [0.717, 1.165) is 23.8 Å². The highest BCUT2D eigenvalue weighted by molar-refractivity contribution is 5.90. The number of nitrogens with one attached hydrogen (secondary N) is 1. The van der Waals surface area contributed by atoms with Gasteiger partial charge in [0.2, 0.25) is 17.6 Å². The first-order valence-corrected chi connectivity index (χ1v) is 10.6. The number of hydrogen-bond donors (Lipinski definition) is 1. The SMILES string of the molecule is CCc1nc(-c2c3n(c(=O)n(CC(=O)Nc4ccc(OC)cc4)c2=O)CCCCC3)no1. The minimum absolute atomic E-state index is 0.154. The molecule has 0 aliphatic carbocycles. The Morgan fingerprint density at radius 3 is 2.66 bits per heavy atom. The summed E-state index contributed by atoms with van der Waals surface area (Å²) in [5, 5.41) is 6.67. The number of ether oxygens (including phenoxy) is 1. The smallest absolute Gasteiger partial charge is 0.331 e. The molecule has 0 fully saturated rings. The Hall–Kier alpha value is -3.69. The van der Waals surface area contributed by atoms with Gasteiger partial charge < -0.3 is 14.6 Å². The highest BCUT2D eigenvalue weighted by Crippen LogP contribution is 2.22. The first-order valence-electron chi connectivity index (χ1n) is 10.6. The van der Waals surface area contributed by atoms with Crippen molar-refractivity contribution in [2.75, 3.05) is 12.4 Å². The molecule has 0 unspecified atom stereocenters. The Kier molecular flexibility index (Phi) is 6.20. The van der Waals surface area contributed by atoms with Crippen molar-refractivity contribution in [3.05, 3.63) is 56.7 Å². The molecule has 3 aromatic rings. The summed E-state index contributed by atoms with van der Waals surface area (Å²) in [4.78, 5) is 43.5. The van der Waals surface area contributed by atoms with Crippen molar-refractivity contribution in [2.24, 2.45) is 0 Å². The zero-order chi connectivity index (χ0) is 22.7. The number of benzene rings is 1. The van der Waals surface area contributed by atoms with Gasteiger partial charge in [-0.25, -0.2) is 4.79 Å². The molecule has 0 saturated heterocycles. The van der Waals surface area contributed by atoms with Crippen LogP contribution in [0.25, 0.3) is 11.4 Å². The lowest BCUT2D eigenvalue weighted by Crippen LogP contribution is -2.44. The number of carbonyl (C=O) groups excluding carboxylic acids is 1. The normalized spacial score (nSPS) is 13.3. The number of aryl methyl sites for hydroxylation is 1. The Morgan fingerprint density at radius 2 is 1.97 bits per heavy atom. The molecular weight excluding hydrogens is 414 g/mol. The summed E-state index contributed by atoms with van der Waals surface area (Å²) < 4.78 is 12.8. The van der Waals surface area contributed by atoms with Crippen LogP contribution in [0.4, 0.5) is 5.69 Å². The molecule has 1 aromatic carbocycles. The summed E-state index contributed by atoms with van der Waals surface area (Å²) in [6, 6.07) is 6.78. The topological polar surface area (TPSA) is 121 Å². The number of rotatable bonds is 6. The molecule has 10 heteroatoms. The molecule has 1 amide bonds. The fourth-order valence-corrected chi connectivity index (χ4v) is 3.85. The van der Waals surface area contributed by atoms with Crippen molar-refractivity contribution in [1.29, 1.82) is 0 Å². The van der Waals surface area contributed by atoms with Crippen LogP contribution in [-0.4, -0.2) is 32.3 Å². The number of amides is 1. The van der Waals surface area contributed by atoms with Gasteiger partial charge in [-0.3, -0.25) is 18.7 Å². The standard InChI is InChI=1S/C22H25N5O5/c1-3-18-24-20(25-32-18)19-16-7-5-4-6-12-26(16)22(30)27(21(19)29)13-17(28)23-14-8-10-15(31-2)11-9-14/h8-11H,3-7,12-13H2,1-2H3,(H,23,28). The maximum atomic E-state index is 13.4. The van der Waals surface area contributed by atoms with E-state index in [1.165, 1.54) is 0 Å². The van der Waals surface area contributed by atoms with Crippen LogP contribution in [-0.2, 0) is 30.7 Å². The first-order chi connectivity index (χ1) is 15.5. The highest BCUT2D eigenvalue weighted by Gasteiger charge is 2.25. The zero-order valence-electron chi connectivity index (χ0n) is 18.1. The minimum Gasteiger partial charge on any atom is -0.497 e. The van der Waals surface area contributed by atoms with Gasteiger partial charge in [-0.15, -0.1) is 0 Å². The van der Waals surface area contributed by atoms with Crippen LogP contribution in [0.2, 0.25) is 0 Å². The van der Waals surface area contributed by atoms with Crippen LogP contribution >= 0.6 is 0 Å². The van der Waals surface area contributed by atoms with E-state index in [1.54, 1.807) is 35.9 Å². The monoisotopic (exact) mass is 439 g/mol. The summed E-state index contributed by atoms with van der Waals surface area (Å²) in [6.07, 6.45) is 3.70. The van der Waals surface area contributed by atoms with Crippen LogP contribution in [0, 0.1) is 0 Å². The second kappa shape index (κ2) is 9.21. The molecule has 168 valence electrons. The van der Waals surface area contributed by atoms with Gasteiger partial charge >= 0.3 is 5.69 Å². The molecule has 0 bridgehead atoms. The van der Waals surface area contributed by atoms with E-state index in [4.69, 9.17) is 9.26 Å². The van der Waals surface area contributed by atoms with Gasteiger partial charge in [-0.1, -0.05) is 18.5 Å². The second-order valence-electron chi connectivity index (χ2n) is 7.60. The summed E-state index contributed by atoms with van der Waals surface area (Å²) in [5.41, 5.74) is 0.279. The van der Waals surface area contributed by atoms with Gasteiger partial charge in [0.1, 0.15) is 17.9 Å². The lowest BCUT2D eigenvalue weighted by molar-refractivity contribution is -0.116. The number of carbonyl (C=O) groups is 1. The Labute approximate surface area is 183 Å². The van der Waals surface area contributed by atoms with Crippen LogP contribution in [0.3, 0.4) is 0 Å². The summed E-state index contributed by atoms with van der Waals surface area (Å²) >= 11 is 0. The molecule has 32 heavy (non-hydrogen) atoms. The molecule has 4 rings (SSSR count). The molecule has 10 nitrogen and oxygen atoms in total. The summed E-state index contributed by atoms with van der Waals surface area (Å²) in [6.45, 7) is 1.92. The number of anilines is 1. The van der Waals surface area contributed by atoms with Gasteiger partial charge in [0.15, 0.2) is 0 Å². The predicted octanol–water partition coefficient (Wildman–Crippen LogP) is 2.00. The van der Waals surface area contributed by atoms with Crippen molar-refractivity contribution in [1.82, 2.24) is 19.3 Å². The largest absolute Gasteiger partial charge is 0.497 e.